The van der Waals surface area contributed by atoms with Gasteiger partial charge in [-0.3, -0.25) is 14.9 Å². The van der Waals surface area contributed by atoms with E-state index >= 15 is 0 Å². The van der Waals surface area contributed by atoms with Crippen LogP contribution < -0.4 is 16.0 Å². The molecule has 0 radical (unpaired) electrons. The largest absolute Gasteiger partial charge is 0.351 e. The lowest BCUT2D eigenvalue weighted by molar-refractivity contribution is -0.115. The highest BCUT2D eigenvalue weighted by molar-refractivity contribution is 8.18. The zero-order valence-corrected chi connectivity index (χ0v) is 18.3. The van der Waals surface area contributed by atoms with Crippen LogP contribution in [-0.2, 0) is 11.2 Å². The fourth-order valence-electron chi connectivity index (χ4n) is 3.63. The average Bonchev–Trinajstić information content (AvgIpc) is 3.27. The number of anilines is 1. The Morgan fingerprint density at radius 1 is 1.20 bits per heavy atom. The number of carbonyl (C=O) groups excluding carboxylic acids is 2. The molecule has 0 aromatic carbocycles. The number of aromatic nitrogens is 3. The number of carbonyl (C=O) groups is 2. The molecule has 1 aliphatic carbocycles. The minimum atomic E-state index is -0.381. The predicted molar refractivity (Wildman–Crippen MR) is 119 cm³/mol. The molecule has 3 heterocycles. The van der Waals surface area contributed by atoms with E-state index in [4.69, 9.17) is 0 Å². The molecule has 0 spiro atoms. The molecule has 0 bridgehead atoms. The summed E-state index contributed by atoms with van der Waals surface area (Å²) in [4.78, 5) is 36.6. The van der Waals surface area contributed by atoms with Crippen LogP contribution in [0.1, 0.15) is 42.1 Å². The highest BCUT2D eigenvalue weighted by Gasteiger charge is 2.25. The Kier molecular flexibility index (Phi) is 6.76. The Balaban J connectivity index is 1.23. The quantitative estimate of drug-likeness (QED) is 0.559. The number of hydrogen-bond donors (Lipinski definition) is 3. The van der Waals surface area contributed by atoms with Gasteiger partial charge in [0.05, 0.1) is 21.3 Å². The number of nitrogens with zero attached hydrogens (tertiary/aromatic N) is 3. The van der Waals surface area contributed by atoms with Gasteiger partial charge in [-0.15, -0.1) is 11.3 Å². The Hall–Kier alpha value is -2.30. The molecule has 1 saturated heterocycles. The maximum atomic E-state index is 11.7. The van der Waals surface area contributed by atoms with Gasteiger partial charge < -0.3 is 10.6 Å². The van der Waals surface area contributed by atoms with Gasteiger partial charge in [-0.1, -0.05) is 0 Å². The molecule has 0 atom stereocenters. The predicted octanol–water partition coefficient (Wildman–Crippen LogP) is 3.12. The van der Waals surface area contributed by atoms with E-state index in [0.29, 0.717) is 28.6 Å². The Morgan fingerprint density at radius 3 is 2.70 bits per heavy atom. The minimum Gasteiger partial charge on any atom is -0.351 e. The lowest BCUT2D eigenvalue weighted by Crippen LogP contribution is -2.38. The van der Waals surface area contributed by atoms with Gasteiger partial charge in [-0.25, -0.2) is 15.0 Å². The zero-order valence-electron chi connectivity index (χ0n) is 16.7. The second-order valence-electron chi connectivity index (χ2n) is 7.41. The van der Waals surface area contributed by atoms with Gasteiger partial charge in [0, 0.05) is 36.6 Å². The summed E-state index contributed by atoms with van der Waals surface area (Å²) in [5.74, 6) is 0.170. The van der Waals surface area contributed by atoms with E-state index in [2.05, 4.69) is 36.3 Å². The summed E-state index contributed by atoms with van der Waals surface area (Å²) in [6, 6.07) is 2.59. The van der Waals surface area contributed by atoms with Crippen LogP contribution in [0.2, 0.25) is 0 Å². The van der Waals surface area contributed by atoms with Gasteiger partial charge in [0.1, 0.15) is 0 Å². The SMILES string of the molecule is Cc1nc(CCN[C@H]2CC[C@H](Nc3nccc(/C=C4\SC(=O)NC4=O)n3)CC2)cs1. The molecule has 158 valence electrons. The van der Waals surface area contributed by atoms with E-state index in [1.807, 2.05) is 6.92 Å². The second kappa shape index (κ2) is 9.67. The highest BCUT2D eigenvalue weighted by atomic mass is 32.2. The minimum absolute atomic E-state index is 0.331. The smallest absolute Gasteiger partial charge is 0.290 e. The molecule has 8 nitrogen and oxygen atoms in total. The maximum Gasteiger partial charge on any atom is 0.290 e. The molecule has 2 amide bonds. The molecule has 2 aromatic rings. The summed E-state index contributed by atoms with van der Waals surface area (Å²) in [5, 5.41) is 12.2. The number of thioether (sulfide) groups is 1. The Bertz CT molecular complexity index is 952. The lowest BCUT2D eigenvalue weighted by atomic mass is 9.91. The third-order valence-electron chi connectivity index (χ3n) is 5.14. The van der Waals surface area contributed by atoms with Crippen LogP contribution in [0.5, 0.6) is 0 Å². The van der Waals surface area contributed by atoms with Crippen LogP contribution in [0.4, 0.5) is 10.7 Å². The zero-order chi connectivity index (χ0) is 20.9. The number of nitrogens with one attached hydrogen (secondary N) is 3. The van der Waals surface area contributed by atoms with Crippen LogP contribution in [0.25, 0.3) is 6.08 Å². The first-order chi connectivity index (χ1) is 14.5. The van der Waals surface area contributed by atoms with Gasteiger partial charge in [0.15, 0.2) is 0 Å². The van der Waals surface area contributed by atoms with Crippen LogP contribution in [0, 0.1) is 6.92 Å². The number of amides is 2. The topological polar surface area (TPSA) is 109 Å². The summed E-state index contributed by atoms with van der Waals surface area (Å²) in [6.07, 6.45) is 8.56. The fraction of sp³-hybridized carbons (Fsp3) is 0.450. The van der Waals surface area contributed by atoms with Crippen molar-refractivity contribution in [2.24, 2.45) is 0 Å². The van der Waals surface area contributed by atoms with E-state index in [9.17, 15) is 9.59 Å². The van der Waals surface area contributed by atoms with Gasteiger partial charge in [0.2, 0.25) is 5.95 Å². The van der Waals surface area contributed by atoms with Crippen molar-refractivity contribution >= 4 is 46.3 Å². The van der Waals surface area contributed by atoms with E-state index < -0.39 is 0 Å². The van der Waals surface area contributed by atoms with Crippen LogP contribution >= 0.6 is 23.1 Å². The van der Waals surface area contributed by atoms with Crippen molar-refractivity contribution in [3.05, 3.63) is 38.9 Å². The molecule has 2 fully saturated rings. The summed E-state index contributed by atoms with van der Waals surface area (Å²) >= 11 is 2.59. The second-order valence-corrected chi connectivity index (χ2v) is 9.49. The number of rotatable bonds is 7. The van der Waals surface area contributed by atoms with Gasteiger partial charge >= 0.3 is 0 Å². The van der Waals surface area contributed by atoms with Crippen molar-refractivity contribution in [3.8, 4) is 0 Å². The standard InChI is InChI=1S/C20H24N6O2S2/c1-12-23-16(11-29-12)7-8-21-13-2-4-14(5-3-13)24-19-22-9-6-15(25-19)10-17-18(27)26-20(28)30-17/h6,9-11,13-14,21H,2-5,7-8H2,1H3,(H,22,24,25)(H,26,27,28)/b17-10-/t13-,14-. The first kappa shape index (κ1) is 21.0. The molecule has 30 heavy (non-hydrogen) atoms. The van der Waals surface area contributed by atoms with Gasteiger partial charge in [-0.05, 0) is 56.5 Å². The van der Waals surface area contributed by atoms with Crippen molar-refractivity contribution in [1.82, 2.24) is 25.6 Å². The molecule has 3 N–H and O–H groups in total. The number of aryl methyl sites for hydroxylation is 1. The molecule has 10 heteroatoms. The first-order valence-electron chi connectivity index (χ1n) is 10.0. The third-order valence-corrected chi connectivity index (χ3v) is 6.77. The Labute approximate surface area is 183 Å². The molecule has 0 unspecified atom stereocenters. The first-order valence-corrected chi connectivity index (χ1v) is 11.7. The molecule has 2 aromatic heterocycles. The van der Waals surface area contributed by atoms with Crippen molar-refractivity contribution in [2.75, 3.05) is 11.9 Å². The van der Waals surface area contributed by atoms with Crippen molar-refractivity contribution < 1.29 is 9.59 Å². The van der Waals surface area contributed by atoms with Crippen molar-refractivity contribution in [1.29, 1.82) is 0 Å². The number of thiazole rings is 1. The van der Waals surface area contributed by atoms with Crippen LogP contribution in [0.3, 0.4) is 0 Å². The summed E-state index contributed by atoms with van der Waals surface area (Å²) in [7, 11) is 0. The lowest BCUT2D eigenvalue weighted by Gasteiger charge is -2.29. The molecular weight excluding hydrogens is 420 g/mol. The van der Waals surface area contributed by atoms with Gasteiger partial charge in [-0.2, -0.15) is 0 Å². The molecule has 1 saturated carbocycles. The maximum absolute atomic E-state index is 11.7. The van der Waals surface area contributed by atoms with Crippen LogP contribution in [0.15, 0.2) is 22.5 Å². The average molecular weight is 445 g/mol. The monoisotopic (exact) mass is 444 g/mol. The summed E-state index contributed by atoms with van der Waals surface area (Å²) in [5.41, 5.74) is 1.78. The van der Waals surface area contributed by atoms with Crippen molar-refractivity contribution in [2.45, 2.75) is 51.1 Å². The van der Waals surface area contributed by atoms with E-state index in [-0.39, 0.29) is 11.1 Å². The molecule has 4 rings (SSSR count). The van der Waals surface area contributed by atoms with E-state index in [1.165, 1.54) is 5.69 Å². The van der Waals surface area contributed by atoms with Crippen molar-refractivity contribution in [3.63, 3.8) is 0 Å². The molecule has 1 aliphatic heterocycles. The van der Waals surface area contributed by atoms with E-state index in [0.717, 1.165) is 55.4 Å². The fourth-order valence-corrected chi connectivity index (χ4v) is 4.94. The summed E-state index contributed by atoms with van der Waals surface area (Å²) in [6.45, 7) is 3.00. The van der Waals surface area contributed by atoms with E-state index in [1.54, 1.807) is 29.7 Å². The third kappa shape index (κ3) is 5.65. The Morgan fingerprint density at radius 2 is 2.00 bits per heavy atom. The normalized spacial score (nSPS) is 23.0. The number of imide groups is 1. The highest BCUT2D eigenvalue weighted by Crippen LogP contribution is 2.25. The van der Waals surface area contributed by atoms with Crippen LogP contribution in [-0.4, -0.2) is 44.7 Å². The molecule has 2 aliphatic rings. The summed E-state index contributed by atoms with van der Waals surface area (Å²) < 4.78 is 0. The number of hydrogen-bond acceptors (Lipinski definition) is 9. The van der Waals surface area contributed by atoms with Gasteiger partial charge in [0.25, 0.3) is 11.1 Å². The molecular formula is C20H24N6O2S2.